The Labute approximate surface area is 144 Å². The van der Waals surface area contributed by atoms with Crippen molar-refractivity contribution in [2.75, 3.05) is 18.8 Å². The van der Waals surface area contributed by atoms with Crippen LogP contribution in [0.3, 0.4) is 0 Å². The Morgan fingerprint density at radius 1 is 1.25 bits per heavy atom. The van der Waals surface area contributed by atoms with Crippen LogP contribution in [-0.4, -0.2) is 35.8 Å². The quantitative estimate of drug-likeness (QED) is 0.753. The Morgan fingerprint density at radius 3 is 2.58 bits per heavy atom. The maximum Gasteiger partial charge on any atom is 0.242 e. The van der Waals surface area contributed by atoms with E-state index in [-0.39, 0.29) is 17.9 Å². The molecule has 5 heteroatoms. The number of nitrogens with two attached hydrogens (primary N) is 1. The number of likely N-dealkylation sites (tertiary alicyclic amines) is 1. The molecule has 1 fully saturated rings. The molecule has 3 N–H and O–H groups in total. The summed E-state index contributed by atoms with van der Waals surface area (Å²) >= 11 is 0. The van der Waals surface area contributed by atoms with Crippen molar-refractivity contribution < 1.29 is 9.59 Å². The zero-order valence-electron chi connectivity index (χ0n) is 14.8. The average Bonchev–Trinajstić information content (AvgIpc) is 2.55. The second-order valence-corrected chi connectivity index (χ2v) is 6.97. The molecule has 1 saturated heterocycles. The Hall–Kier alpha value is -2.04. The molecule has 1 aliphatic rings. The van der Waals surface area contributed by atoms with Gasteiger partial charge in [0.2, 0.25) is 11.8 Å². The van der Waals surface area contributed by atoms with Crippen LogP contribution in [0.2, 0.25) is 0 Å². The highest BCUT2D eigenvalue weighted by Gasteiger charge is 2.31. The normalized spacial score (nSPS) is 16.3. The van der Waals surface area contributed by atoms with Gasteiger partial charge in [0.1, 0.15) is 6.04 Å². The number of benzene rings is 1. The SMILES string of the molecule is CC(C)CC(C(=O)NCCc1ccc(N)cc1)N1CCCCC1=O. The standard InChI is InChI=1S/C19H29N3O2/c1-14(2)13-17(22-12-4-3-5-18(22)23)19(24)21-11-10-15-6-8-16(20)9-7-15/h6-9,14,17H,3-5,10-13,20H2,1-2H3,(H,21,24). The van der Waals surface area contributed by atoms with E-state index in [9.17, 15) is 9.59 Å². The van der Waals surface area contributed by atoms with E-state index < -0.39 is 0 Å². The minimum atomic E-state index is -0.343. The highest BCUT2D eigenvalue weighted by atomic mass is 16.2. The van der Waals surface area contributed by atoms with E-state index in [1.807, 2.05) is 24.3 Å². The molecule has 1 heterocycles. The third-order valence-electron chi connectivity index (χ3n) is 4.43. The smallest absolute Gasteiger partial charge is 0.242 e. The van der Waals surface area contributed by atoms with Gasteiger partial charge in [-0.05, 0) is 49.3 Å². The molecule has 0 radical (unpaired) electrons. The van der Waals surface area contributed by atoms with Gasteiger partial charge in [0.05, 0.1) is 0 Å². The summed E-state index contributed by atoms with van der Waals surface area (Å²) in [6, 6.07) is 7.34. The summed E-state index contributed by atoms with van der Waals surface area (Å²) in [7, 11) is 0. The number of nitrogens with one attached hydrogen (secondary N) is 1. The molecule has 1 unspecified atom stereocenters. The van der Waals surface area contributed by atoms with Crippen molar-refractivity contribution in [1.29, 1.82) is 0 Å². The maximum absolute atomic E-state index is 12.6. The highest BCUT2D eigenvalue weighted by molar-refractivity contribution is 5.88. The van der Waals surface area contributed by atoms with Crippen molar-refractivity contribution in [3.63, 3.8) is 0 Å². The molecule has 0 saturated carbocycles. The first-order chi connectivity index (χ1) is 11.5. The summed E-state index contributed by atoms with van der Waals surface area (Å²) in [6.45, 7) is 5.44. The third kappa shape index (κ3) is 5.25. The Kier molecular flexibility index (Phi) is 6.64. The molecule has 1 atom stereocenters. The fraction of sp³-hybridized carbons (Fsp3) is 0.579. The van der Waals surface area contributed by atoms with E-state index in [1.54, 1.807) is 4.90 Å². The average molecular weight is 331 g/mol. The summed E-state index contributed by atoms with van der Waals surface area (Å²) in [5.74, 6) is 0.447. The molecule has 5 nitrogen and oxygen atoms in total. The number of piperidine rings is 1. The fourth-order valence-corrected chi connectivity index (χ4v) is 3.11. The Morgan fingerprint density at radius 2 is 1.96 bits per heavy atom. The van der Waals surface area contributed by atoms with E-state index >= 15 is 0 Å². The van der Waals surface area contributed by atoms with Crippen LogP contribution in [0.25, 0.3) is 0 Å². The number of nitrogens with zero attached hydrogens (tertiary/aromatic N) is 1. The van der Waals surface area contributed by atoms with Gasteiger partial charge in [0, 0.05) is 25.2 Å². The van der Waals surface area contributed by atoms with Gasteiger partial charge in [-0.15, -0.1) is 0 Å². The lowest BCUT2D eigenvalue weighted by atomic mass is 9.98. The van der Waals surface area contributed by atoms with E-state index in [1.165, 1.54) is 0 Å². The van der Waals surface area contributed by atoms with Gasteiger partial charge in [-0.25, -0.2) is 0 Å². The lowest BCUT2D eigenvalue weighted by Crippen LogP contribution is -2.52. The van der Waals surface area contributed by atoms with Crippen LogP contribution in [-0.2, 0) is 16.0 Å². The zero-order valence-corrected chi connectivity index (χ0v) is 14.8. The van der Waals surface area contributed by atoms with Crippen molar-refractivity contribution in [3.05, 3.63) is 29.8 Å². The molecule has 2 rings (SSSR count). The van der Waals surface area contributed by atoms with Crippen LogP contribution < -0.4 is 11.1 Å². The first-order valence-corrected chi connectivity index (χ1v) is 8.89. The summed E-state index contributed by atoms with van der Waals surface area (Å²) in [6.07, 6.45) is 3.95. The van der Waals surface area contributed by atoms with E-state index in [0.29, 0.717) is 31.8 Å². The second-order valence-electron chi connectivity index (χ2n) is 6.97. The van der Waals surface area contributed by atoms with Gasteiger partial charge < -0.3 is 16.0 Å². The van der Waals surface area contributed by atoms with Crippen LogP contribution in [0.1, 0.15) is 45.1 Å². The Balaban J connectivity index is 1.91. The van der Waals surface area contributed by atoms with Crippen LogP contribution in [0.15, 0.2) is 24.3 Å². The molecule has 1 aromatic rings. The number of amides is 2. The largest absolute Gasteiger partial charge is 0.399 e. The number of rotatable bonds is 7. The minimum absolute atomic E-state index is 0.0330. The van der Waals surface area contributed by atoms with Gasteiger partial charge in [0.15, 0.2) is 0 Å². The van der Waals surface area contributed by atoms with Gasteiger partial charge in [-0.3, -0.25) is 9.59 Å². The van der Waals surface area contributed by atoms with E-state index in [2.05, 4.69) is 19.2 Å². The number of nitrogen functional groups attached to an aromatic ring is 1. The number of carbonyl (C=O) groups is 2. The van der Waals surface area contributed by atoms with E-state index in [0.717, 1.165) is 30.5 Å². The first-order valence-electron chi connectivity index (χ1n) is 8.89. The molecule has 1 aliphatic heterocycles. The summed E-state index contributed by atoms with van der Waals surface area (Å²) in [5, 5.41) is 3.00. The summed E-state index contributed by atoms with van der Waals surface area (Å²) < 4.78 is 0. The van der Waals surface area contributed by atoms with Gasteiger partial charge in [-0.1, -0.05) is 26.0 Å². The lowest BCUT2D eigenvalue weighted by Gasteiger charge is -2.34. The molecule has 1 aromatic carbocycles. The first kappa shape index (κ1) is 18.3. The van der Waals surface area contributed by atoms with Crippen LogP contribution >= 0.6 is 0 Å². The highest BCUT2D eigenvalue weighted by Crippen LogP contribution is 2.19. The van der Waals surface area contributed by atoms with Gasteiger partial charge >= 0.3 is 0 Å². The zero-order chi connectivity index (χ0) is 17.5. The minimum Gasteiger partial charge on any atom is -0.399 e. The number of hydrogen-bond acceptors (Lipinski definition) is 3. The van der Waals surface area contributed by atoms with Crippen molar-refractivity contribution in [2.45, 2.75) is 52.0 Å². The molecule has 0 aromatic heterocycles. The fourth-order valence-electron chi connectivity index (χ4n) is 3.11. The predicted octanol–water partition coefficient (Wildman–Crippen LogP) is 2.35. The maximum atomic E-state index is 12.6. The molecule has 132 valence electrons. The summed E-state index contributed by atoms with van der Waals surface area (Å²) in [4.78, 5) is 26.6. The molecule has 0 aliphatic carbocycles. The third-order valence-corrected chi connectivity index (χ3v) is 4.43. The number of hydrogen-bond donors (Lipinski definition) is 2. The van der Waals surface area contributed by atoms with E-state index in [4.69, 9.17) is 5.73 Å². The Bertz CT molecular complexity index is 554. The topological polar surface area (TPSA) is 75.4 Å². The predicted molar refractivity (Wildman–Crippen MR) is 96.4 cm³/mol. The molecule has 0 spiro atoms. The molecule has 0 bridgehead atoms. The lowest BCUT2D eigenvalue weighted by molar-refractivity contribution is -0.143. The van der Waals surface area contributed by atoms with Gasteiger partial charge in [-0.2, -0.15) is 0 Å². The van der Waals surface area contributed by atoms with Gasteiger partial charge in [0.25, 0.3) is 0 Å². The number of anilines is 1. The molecular weight excluding hydrogens is 302 g/mol. The van der Waals surface area contributed by atoms with Crippen molar-refractivity contribution in [2.24, 2.45) is 5.92 Å². The molecule has 2 amide bonds. The summed E-state index contributed by atoms with van der Waals surface area (Å²) in [5.41, 5.74) is 7.56. The van der Waals surface area contributed by atoms with Crippen LogP contribution in [0.4, 0.5) is 5.69 Å². The second kappa shape index (κ2) is 8.71. The van der Waals surface area contributed by atoms with Crippen molar-refractivity contribution in [3.8, 4) is 0 Å². The van der Waals surface area contributed by atoms with Crippen LogP contribution in [0.5, 0.6) is 0 Å². The van der Waals surface area contributed by atoms with Crippen molar-refractivity contribution >= 4 is 17.5 Å². The van der Waals surface area contributed by atoms with Crippen LogP contribution in [0, 0.1) is 5.92 Å². The van der Waals surface area contributed by atoms with Crippen molar-refractivity contribution in [1.82, 2.24) is 10.2 Å². The monoisotopic (exact) mass is 331 g/mol. The molecule has 24 heavy (non-hydrogen) atoms. The molecular formula is C19H29N3O2. The number of carbonyl (C=O) groups excluding carboxylic acids is 2.